The first kappa shape index (κ1) is 13.6. The molecular formula is C20H19NS. The van der Waals surface area contributed by atoms with Crippen LogP contribution in [-0.4, -0.2) is 4.98 Å². The lowest BCUT2D eigenvalue weighted by Crippen LogP contribution is -2.20. The molecule has 0 aliphatic heterocycles. The molecule has 0 amide bonds. The van der Waals surface area contributed by atoms with Gasteiger partial charge in [0.25, 0.3) is 0 Å². The van der Waals surface area contributed by atoms with E-state index in [0.29, 0.717) is 0 Å². The summed E-state index contributed by atoms with van der Waals surface area (Å²) in [7, 11) is 0. The normalized spacial score (nSPS) is 14.5. The Labute approximate surface area is 134 Å². The first-order chi connectivity index (χ1) is 10.7. The van der Waals surface area contributed by atoms with Gasteiger partial charge in [-0.25, -0.2) is 0 Å². The molecule has 4 aromatic rings. The molecule has 4 rings (SSSR count). The molecule has 2 heteroatoms. The van der Waals surface area contributed by atoms with Crippen LogP contribution in [0.15, 0.2) is 60.0 Å². The number of aromatic amines is 1. The lowest BCUT2D eigenvalue weighted by molar-refractivity contribution is 0.562. The summed E-state index contributed by atoms with van der Waals surface area (Å²) in [6.07, 6.45) is 1.10. The van der Waals surface area contributed by atoms with Crippen LogP contribution in [0.4, 0.5) is 0 Å². The molecular weight excluding hydrogens is 286 g/mol. The van der Waals surface area contributed by atoms with Crippen LogP contribution in [-0.2, 0) is 5.41 Å². The first-order valence-corrected chi connectivity index (χ1v) is 8.65. The Balaban J connectivity index is 1.97. The summed E-state index contributed by atoms with van der Waals surface area (Å²) in [6.45, 7) is 4.63. The van der Waals surface area contributed by atoms with Crippen LogP contribution in [0.1, 0.15) is 30.7 Å². The minimum absolute atomic E-state index is 0.0841. The third kappa shape index (κ3) is 1.91. The van der Waals surface area contributed by atoms with E-state index in [4.69, 9.17) is 0 Å². The molecule has 0 saturated carbocycles. The molecule has 22 heavy (non-hydrogen) atoms. The Morgan fingerprint density at radius 3 is 2.55 bits per heavy atom. The number of hydrogen-bond donors (Lipinski definition) is 1. The molecule has 1 unspecified atom stereocenters. The van der Waals surface area contributed by atoms with Crippen LogP contribution in [0.2, 0.25) is 0 Å². The molecule has 0 aliphatic carbocycles. The number of para-hydroxylation sites is 1. The fraction of sp³-hybridized carbons (Fsp3) is 0.200. The summed E-state index contributed by atoms with van der Waals surface area (Å²) in [5.74, 6) is 0. The Hall–Kier alpha value is -2.06. The third-order valence-electron chi connectivity index (χ3n) is 4.92. The average molecular weight is 305 g/mol. The Morgan fingerprint density at radius 1 is 0.955 bits per heavy atom. The zero-order valence-corrected chi connectivity index (χ0v) is 13.7. The van der Waals surface area contributed by atoms with Gasteiger partial charge in [0, 0.05) is 32.1 Å². The van der Waals surface area contributed by atoms with E-state index >= 15 is 0 Å². The van der Waals surface area contributed by atoms with Crippen LogP contribution in [0.25, 0.3) is 21.8 Å². The molecule has 2 aromatic heterocycles. The summed E-state index contributed by atoms with van der Waals surface area (Å²) in [6, 6.07) is 19.8. The van der Waals surface area contributed by atoms with Gasteiger partial charge in [0.2, 0.25) is 0 Å². The van der Waals surface area contributed by atoms with Crippen molar-refractivity contribution >= 4 is 33.1 Å². The van der Waals surface area contributed by atoms with Crippen LogP contribution < -0.4 is 0 Å². The Bertz CT molecular complexity index is 933. The van der Waals surface area contributed by atoms with E-state index in [1.54, 1.807) is 0 Å². The van der Waals surface area contributed by atoms with Crippen LogP contribution in [0, 0.1) is 0 Å². The predicted octanol–water partition coefficient (Wildman–Crippen LogP) is 6.10. The van der Waals surface area contributed by atoms with Crippen molar-refractivity contribution in [3.05, 3.63) is 70.4 Å². The molecule has 0 radical (unpaired) electrons. The zero-order valence-electron chi connectivity index (χ0n) is 12.9. The minimum atomic E-state index is 0.0841. The van der Waals surface area contributed by atoms with E-state index < -0.39 is 0 Å². The molecule has 1 nitrogen and oxygen atoms in total. The molecule has 0 bridgehead atoms. The molecule has 0 aliphatic rings. The summed E-state index contributed by atoms with van der Waals surface area (Å²) < 4.78 is 0. The van der Waals surface area contributed by atoms with Crippen molar-refractivity contribution in [1.29, 1.82) is 0 Å². The third-order valence-corrected chi connectivity index (χ3v) is 6.05. The van der Waals surface area contributed by atoms with Gasteiger partial charge in [0.1, 0.15) is 0 Å². The highest BCUT2D eigenvalue weighted by Gasteiger charge is 2.28. The molecule has 0 spiro atoms. The van der Waals surface area contributed by atoms with Crippen LogP contribution in [0.3, 0.4) is 0 Å². The second kappa shape index (κ2) is 4.99. The maximum absolute atomic E-state index is 3.51. The Kier molecular flexibility index (Phi) is 3.08. The Morgan fingerprint density at radius 2 is 1.77 bits per heavy atom. The molecule has 110 valence electrons. The van der Waals surface area contributed by atoms with Gasteiger partial charge in [-0.1, -0.05) is 44.2 Å². The summed E-state index contributed by atoms with van der Waals surface area (Å²) in [5, 5.41) is 4.81. The lowest BCUT2D eigenvalue weighted by atomic mass is 9.78. The van der Waals surface area contributed by atoms with Gasteiger partial charge in [-0.3, -0.25) is 0 Å². The number of H-pyrrole nitrogens is 1. The molecule has 2 aromatic carbocycles. The largest absolute Gasteiger partial charge is 0.355 e. The van der Waals surface area contributed by atoms with Crippen LogP contribution in [0.5, 0.6) is 0 Å². The average Bonchev–Trinajstić information content (AvgIpc) is 3.21. The first-order valence-electron chi connectivity index (χ1n) is 7.77. The van der Waals surface area contributed by atoms with Crippen LogP contribution >= 0.6 is 11.3 Å². The van der Waals surface area contributed by atoms with Crippen molar-refractivity contribution in [1.82, 2.24) is 4.98 Å². The number of rotatable bonds is 3. The van der Waals surface area contributed by atoms with Gasteiger partial charge in [0.05, 0.1) is 0 Å². The summed E-state index contributed by atoms with van der Waals surface area (Å²) >= 11 is 1.85. The molecule has 2 heterocycles. The van der Waals surface area contributed by atoms with Crippen molar-refractivity contribution in [3.8, 4) is 0 Å². The van der Waals surface area contributed by atoms with Crippen molar-refractivity contribution in [3.63, 3.8) is 0 Å². The van der Waals surface area contributed by atoms with Crippen molar-refractivity contribution in [2.45, 2.75) is 25.7 Å². The van der Waals surface area contributed by atoms with Gasteiger partial charge in [-0.2, -0.15) is 0 Å². The molecule has 1 atom stereocenters. The van der Waals surface area contributed by atoms with Gasteiger partial charge in [-0.15, -0.1) is 11.3 Å². The molecule has 0 fully saturated rings. The van der Waals surface area contributed by atoms with Crippen molar-refractivity contribution < 1.29 is 0 Å². The molecule has 1 N–H and O–H groups in total. The van der Waals surface area contributed by atoms with Crippen molar-refractivity contribution in [2.24, 2.45) is 0 Å². The number of fused-ring (bicyclic) bond motifs is 3. The maximum Gasteiger partial charge on any atom is 0.0465 e. The van der Waals surface area contributed by atoms with Gasteiger partial charge >= 0.3 is 0 Å². The fourth-order valence-corrected chi connectivity index (χ4v) is 4.29. The van der Waals surface area contributed by atoms with Gasteiger partial charge in [0.15, 0.2) is 0 Å². The zero-order chi connectivity index (χ0) is 15.2. The number of thiophene rings is 1. The van der Waals surface area contributed by atoms with E-state index in [0.717, 1.165) is 6.42 Å². The predicted molar refractivity (Wildman–Crippen MR) is 96.9 cm³/mol. The number of benzene rings is 2. The maximum atomic E-state index is 3.51. The van der Waals surface area contributed by atoms with E-state index in [1.807, 2.05) is 11.3 Å². The number of aromatic nitrogens is 1. The highest BCUT2D eigenvalue weighted by Crippen LogP contribution is 2.39. The number of hydrogen-bond acceptors (Lipinski definition) is 1. The lowest BCUT2D eigenvalue weighted by Gasteiger charge is -2.28. The SMILES string of the molecule is CCC(C)(c1ccc2[nH]c3ccccc3c2c1)c1cccs1. The quantitative estimate of drug-likeness (QED) is 0.471. The monoisotopic (exact) mass is 305 g/mol. The van der Waals surface area contributed by atoms with E-state index in [-0.39, 0.29) is 5.41 Å². The summed E-state index contributed by atoms with van der Waals surface area (Å²) in [5.41, 5.74) is 3.91. The second-order valence-electron chi connectivity index (χ2n) is 6.09. The van der Waals surface area contributed by atoms with E-state index in [2.05, 4.69) is 78.8 Å². The van der Waals surface area contributed by atoms with Gasteiger partial charge < -0.3 is 4.98 Å². The summed E-state index contributed by atoms with van der Waals surface area (Å²) in [4.78, 5) is 4.95. The van der Waals surface area contributed by atoms with Gasteiger partial charge in [-0.05, 0) is 41.6 Å². The minimum Gasteiger partial charge on any atom is -0.355 e. The topological polar surface area (TPSA) is 15.8 Å². The van der Waals surface area contributed by atoms with E-state index in [9.17, 15) is 0 Å². The molecule has 0 saturated heterocycles. The smallest absolute Gasteiger partial charge is 0.0465 e. The fourth-order valence-electron chi connectivity index (χ4n) is 3.30. The van der Waals surface area contributed by atoms with E-state index in [1.165, 1.54) is 32.2 Å². The second-order valence-corrected chi connectivity index (χ2v) is 7.04. The van der Waals surface area contributed by atoms with Crippen molar-refractivity contribution in [2.75, 3.05) is 0 Å². The number of nitrogens with one attached hydrogen (secondary N) is 1. The standard InChI is InChI=1S/C20H19NS/c1-3-20(2,19-9-6-12-22-19)14-10-11-18-16(13-14)15-7-4-5-8-17(15)21-18/h4-13,21H,3H2,1-2H3. The highest BCUT2D eigenvalue weighted by atomic mass is 32.1. The highest BCUT2D eigenvalue weighted by molar-refractivity contribution is 7.10.